The van der Waals surface area contributed by atoms with E-state index in [0.717, 1.165) is 11.1 Å². The Morgan fingerprint density at radius 2 is 1.68 bits per heavy atom. The van der Waals surface area contributed by atoms with E-state index >= 15 is 0 Å². The summed E-state index contributed by atoms with van der Waals surface area (Å²) in [6, 6.07) is 18.3. The van der Waals surface area contributed by atoms with Crippen molar-refractivity contribution < 1.29 is 28.3 Å². The summed E-state index contributed by atoms with van der Waals surface area (Å²) in [6.07, 6.45) is 0. The molecule has 1 heterocycles. The molecule has 92 valence electrons. The summed E-state index contributed by atoms with van der Waals surface area (Å²) in [5.74, 6) is -0.845. The second-order valence-corrected chi connectivity index (χ2v) is 4.56. The summed E-state index contributed by atoms with van der Waals surface area (Å²) in [4.78, 5) is 0. The molecule has 4 heteroatoms. The molecular weight excluding hydrogens is 255 g/mol. The second-order valence-electron chi connectivity index (χ2n) is 4.12. The Morgan fingerprint density at radius 1 is 1.00 bits per heavy atom. The summed E-state index contributed by atoms with van der Waals surface area (Å²) in [5, 5.41) is 0.627. The second kappa shape index (κ2) is 6.13. The molecule has 19 heavy (non-hydrogen) atoms. The van der Waals surface area contributed by atoms with E-state index in [2.05, 4.69) is 6.07 Å². The number of rotatable bonds is 2. The van der Waals surface area contributed by atoms with Gasteiger partial charge in [0.05, 0.1) is 13.2 Å². The molecule has 0 unspecified atom stereocenters. The summed E-state index contributed by atoms with van der Waals surface area (Å²) < 4.78 is 11.7. The molecule has 2 aromatic carbocycles. The Morgan fingerprint density at radius 3 is 2.32 bits per heavy atom. The minimum atomic E-state index is -0.845. The van der Waals surface area contributed by atoms with Crippen LogP contribution in [0.5, 0.6) is 0 Å². The topological polar surface area (TPSA) is 18.5 Å². The molecule has 0 saturated carbocycles. The summed E-state index contributed by atoms with van der Waals surface area (Å²) in [5.41, 5.74) is 1.84. The average molecular weight is 267 g/mol. The van der Waals surface area contributed by atoms with Gasteiger partial charge in [0.1, 0.15) is 0 Å². The van der Waals surface area contributed by atoms with Crippen LogP contribution in [0.2, 0.25) is 5.02 Å². The molecule has 2 nitrogen and oxygen atoms in total. The van der Waals surface area contributed by atoms with Crippen LogP contribution in [0.3, 0.4) is 0 Å². The molecule has 2 aromatic rings. The van der Waals surface area contributed by atoms with Crippen molar-refractivity contribution in [1.29, 1.82) is 0 Å². The van der Waals surface area contributed by atoms with Gasteiger partial charge in [-0.25, -0.2) is 0 Å². The number of hydrogen-bond acceptors (Lipinski definition) is 2. The summed E-state index contributed by atoms with van der Waals surface area (Å²) in [7, 11) is 0. The van der Waals surface area contributed by atoms with Crippen molar-refractivity contribution in [1.82, 2.24) is 0 Å². The van der Waals surface area contributed by atoms with Crippen LogP contribution in [0.1, 0.15) is 11.1 Å². The van der Waals surface area contributed by atoms with Crippen LogP contribution in [0.25, 0.3) is 0 Å². The zero-order valence-corrected chi connectivity index (χ0v) is 11.5. The van der Waals surface area contributed by atoms with Crippen LogP contribution in [0.4, 0.5) is 0 Å². The maximum atomic E-state index is 6.03. The number of benzene rings is 2. The Balaban J connectivity index is 0.00000133. The third-order valence-electron chi connectivity index (χ3n) is 2.98. The molecular formula is C15H12ClLiO2. The fourth-order valence-corrected chi connectivity index (χ4v) is 2.38. The van der Waals surface area contributed by atoms with Gasteiger partial charge in [-0.1, -0.05) is 40.9 Å². The largest absolute Gasteiger partial charge is 1.00 e. The molecule has 1 saturated heterocycles. The van der Waals surface area contributed by atoms with Gasteiger partial charge in [0, 0.05) is 5.56 Å². The van der Waals surface area contributed by atoms with Crippen LogP contribution in [-0.2, 0) is 15.3 Å². The van der Waals surface area contributed by atoms with E-state index in [0.29, 0.717) is 18.2 Å². The first-order valence-corrected chi connectivity index (χ1v) is 6.20. The summed E-state index contributed by atoms with van der Waals surface area (Å²) in [6.45, 7) is 1.14. The predicted molar refractivity (Wildman–Crippen MR) is 69.4 cm³/mol. The normalized spacial score (nSPS) is 16.9. The van der Waals surface area contributed by atoms with Gasteiger partial charge in [-0.3, -0.25) is 0 Å². The third-order valence-corrected chi connectivity index (χ3v) is 3.20. The maximum absolute atomic E-state index is 6.03. The van der Waals surface area contributed by atoms with E-state index in [1.54, 1.807) is 6.07 Å². The van der Waals surface area contributed by atoms with Crippen LogP contribution in [0.15, 0.2) is 48.5 Å². The minimum absolute atomic E-state index is 0. The molecule has 0 bridgehead atoms. The SMILES string of the molecule is Clc1c[c-]cc(C2(c3ccccc3)OCCO2)c1.[Li+]. The standard InChI is InChI=1S/C15H12ClO2.Li/c16-14-8-4-7-13(11-14)15(17-9-10-18-15)12-5-2-1-3-6-12;/h1-3,5-8,11H,9-10H2;/q-1;+1. The molecule has 0 aromatic heterocycles. The van der Waals surface area contributed by atoms with Crippen molar-refractivity contribution in [3.63, 3.8) is 0 Å². The van der Waals surface area contributed by atoms with Crippen LogP contribution >= 0.6 is 11.6 Å². The number of hydrogen-bond donors (Lipinski definition) is 0. The van der Waals surface area contributed by atoms with Gasteiger partial charge in [-0.2, -0.15) is 29.8 Å². The van der Waals surface area contributed by atoms with Gasteiger partial charge in [0.15, 0.2) is 5.79 Å². The fraction of sp³-hybridized carbons (Fsp3) is 0.200. The van der Waals surface area contributed by atoms with Gasteiger partial charge in [0.2, 0.25) is 0 Å². The van der Waals surface area contributed by atoms with E-state index in [1.165, 1.54) is 0 Å². The van der Waals surface area contributed by atoms with Crippen molar-refractivity contribution in [3.05, 3.63) is 70.7 Å². The van der Waals surface area contributed by atoms with E-state index in [4.69, 9.17) is 21.1 Å². The average Bonchev–Trinajstić information content (AvgIpc) is 2.90. The Bertz CT molecular complexity index is 539. The third kappa shape index (κ3) is 2.74. The first kappa shape index (κ1) is 14.7. The maximum Gasteiger partial charge on any atom is 1.00 e. The molecule has 1 fully saturated rings. The Hall–Kier alpha value is -0.753. The minimum Gasteiger partial charge on any atom is -0.350 e. The molecule has 1 aliphatic heterocycles. The van der Waals surface area contributed by atoms with Crippen molar-refractivity contribution in [2.45, 2.75) is 5.79 Å². The quantitative estimate of drug-likeness (QED) is 0.578. The summed E-state index contributed by atoms with van der Waals surface area (Å²) >= 11 is 6.03. The van der Waals surface area contributed by atoms with Gasteiger partial charge in [-0.05, 0) is 0 Å². The molecule has 0 amide bonds. The number of ether oxygens (including phenoxy) is 2. The van der Waals surface area contributed by atoms with Crippen molar-refractivity contribution in [3.8, 4) is 0 Å². The van der Waals surface area contributed by atoms with E-state index in [9.17, 15) is 0 Å². The zero-order valence-electron chi connectivity index (χ0n) is 10.7. The van der Waals surface area contributed by atoms with Gasteiger partial charge in [0.25, 0.3) is 0 Å². The van der Waals surface area contributed by atoms with E-state index in [-0.39, 0.29) is 18.9 Å². The van der Waals surface area contributed by atoms with Gasteiger partial charge in [-0.15, -0.1) is 6.07 Å². The van der Waals surface area contributed by atoms with E-state index in [1.807, 2.05) is 42.5 Å². The van der Waals surface area contributed by atoms with Crippen molar-refractivity contribution in [2.24, 2.45) is 0 Å². The molecule has 0 N–H and O–H groups in total. The zero-order chi connectivity index (χ0) is 12.4. The molecule has 0 radical (unpaired) electrons. The molecule has 0 spiro atoms. The Labute approximate surface area is 129 Å². The number of halogens is 1. The van der Waals surface area contributed by atoms with Gasteiger partial charge >= 0.3 is 18.9 Å². The Kier molecular flexibility index (Phi) is 4.73. The van der Waals surface area contributed by atoms with Crippen molar-refractivity contribution in [2.75, 3.05) is 13.2 Å². The van der Waals surface area contributed by atoms with Gasteiger partial charge < -0.3 is 9.47 Å². The molecule has 3 rings (SSSR count). The first-order chi connectivity index (χ1) is 8.81. The fourth-order valence-electron chi connectivity index (χ4n) is 2.20. The predicted octanol–water partition coefficient (Wildman–Crippen LogP) is 0.392. The monoisotopic (exact) mass is 266 g/mol. The molecule has 0 aliphatic carbocycles. The van der Waals surface area contributed by atoms with E-state index < -0.39 is 5.79 Å². The smallest absolute Gasteiger partial charge is 0.350 e. The van der Waals surface area contributed by atoms with Crippen LogP contribution < -0.4 is 18.9 Å². The van der Waals surface area contributed by atoms with Crippen LogP contribution in [0, 0.1) is 6.07 Å². The first-order valence-electron chi connectivity index (χ1n) is 5.82. The van der Waals surface area contributed by atoms with Crippen molar-refractivity contribution >= 4 is 11.6 Å². The molecule has 1 aliphatic rings. The van der Waals surface area contributed by atoms with Crippen LogP contribution in [-0.4, -0.2) is 13.2 Å². The molecule has 0 atom stereocenters.